The number of halogens is 2. The Morgan fingerprint density at radius 2 is 1.97 bits per heavy atom. The van der Waals surface area contributed by atoms with E-state index >= 15 is 0 Å². The Bertz CT molecular complexity index is 1350. The monoisotopic (exact) mass is 502 g/mol. The van der Waals surface area contributed by atoms with Gasteiger partial charge in [0.05, 0.1) is 17.7 Å². The fraction of sp³-hybridized carbons (Fsp3) is 0.594. The van der Waals surface area contributed by atoms with Gasteiger partial charge in [-0.05, 0) is 103 Å². The van der Waals surface area contributed by atoms with E-state index in [2.05, 4.69) is 53.2 Å². The molecule has 0 N–H and O–H groups in total. The molecule has 6 atom stereocenters. The number of ether oxygens (including phenoxy) is 1. The van der Waals surface area contributed by atoms with Crippen LogP contribution < -0.4 is 0 Å². The van der Waals surface area contributed by atoms with Gasteiger partial charge in [0.2, 0.25) is 0 Å². The third-order valence-corrected chi connectivity index (χ3v) is 11.4. The molecular weight excluding hydrogens is 466 g/mol. The number of nitrogens with zero attached hydrogens (tertiary/aromatic N) is 2. The molecule has 4 fully saturated rings. The Hall–Kier alpha value is -2.11. The van der Waals surface area contributed by atoms with Gasteiger partial charge >= 0.3 is 0 Å². The van der Waals surface area contributed by atoms with Crippen molar-refractivity contribution in [2.24, 2.45) is 11.3 Å². The molecule has 37 heavy (non-hydrogen) atoms. The van der Waals surface area contributed by atoms with Gasteiger partial charge in [0.25, 0.3) is 5.92 Å². The van der Waals surface area contributed by atoms with Crippen molar-refractivity contribution in [3.05, 3.63) is 65.5 Å². The number of allylic oxidation sites excluding steroid dienone is 1. The summed E-state index contributed by atoms with van der Waals surface area (Å²) in [4.78, 5) is 6.43. The zero-order valence-electron chi connectivity index (χ0n) is 21.7. The standard InChI is InChI=1S/C32H36F2N2O/c1-29-10-8-25-17-24-4-5-26(36-15-13-31(33,34)20-36)18-30(24)11-12-32(25,37-30)28(29)7-6-27(29)22-3-2-21-9-14-35-19-23(21)16-22/h2-3,8-9,14,16-17,19,26-28H,4-7,10-13,15,18,20H2,1H3/t26-,27?,28-,29?,30-,32-/m1/s1. The van der Waals surface area contributed by atoms with E-state index < -0.39 is 5.92 Å². The normalized spacial score (nSPS) is 42.2. The second kappa shape index (κ2) is 7.51. The van der Waals surface area contributed by atoms with Crippen LogP contribution in [0.5, 0.6) is 0 Å². The molecule has 1 aromatic heterocycles. The number of likely N-dealkylation sites (tertiary alicyclic amines) is 1. The van der Waals surface area contributed by atoms with E-state index in [1.807, 2.05) is 12.4 Å². The van der Waals surface area contributed by atoms with Crippen molar-refractivity contribution in [2.75, 3.05) is 13.1 Å². The van der Waals surface area contributed by atoms with Crippen LogP contribution in [0.3, 0.4) is 0 Å². The van der Waals surface area contributed by atoms with Gasteiger partial charge in [0.1, 0.15) is 0 Å². The molecule has 0 amide bonds. The minimum Gasteiger partial charge on any atom is -0.359 e. The van der Waals surface area contributed by atoms with Crippen molar-refractivity contribution in [2.45, 2.75) is 93.8 Å². The van der Waals surface area contributed by atoms with Gasteiger partial charge in [-0.25, -0.2) is 8.78 Å². The van der Waals surface area contributed by atoms with E-state index in [9.17, 15) is 8.78 Å². The van der Waals surface area contributed by atoms with E-state index in [0.29, 0.717) is 18.4 Å². The molecule has 2 aromatic rings. The number of pyridine rings is 1. The first-order valence-corrected chi connectivity index (χ1v) is 14.4. The summed E-state index contributed by atoms with van der Waals surface area (Å²) in [6, 6.07) is 9.26. The quantitative estimate of drug-likeness (QED) is 0.435. The number of fused-ring (bicyclic) bond motifs is 2. The lowest BCUT2D eigenvalue weighted by atomic mass is 9.58. The van der Waals surface area contributed by atoms with E-state index in [4.69, 9.17) is 4.74 Å². The van der Waals surface area contributed by atoms with Crippen LogP contribution >= 0.6 is 0 Å². The highest BCUT2D eigenvalue weighted by molar-refractivity contribution is 5.82. The highest BCUT2D eigenvalue weighted by atomic mass is 19.3. The summed E-state index contributed by atoms with van der Waals surface area (Å²) < 4.78 is 35.5. The molecule has 2 saturated heterocycles. The highest BCUT2D eigenvalue weighted by Gasteiger charge is 2.66. The number of alkyl halides is 2. The lowest BCUT2D eigenvalue weighted by Crippen LogP contribution is -2.55. The van der Waals surface area contributed by atoms with Gasteiger partial charge < -0.3 is 4.74 Å². The predicted molar refractivity (Wildman–Crippen MR) is 141 cm³/mol. The van der Waals surface area contributed by atoms with Gasteiger partial charge in [-0.2, -0.15) is 0 Å². The lowest BCUT2D eigenvalue weighted by Gasteiger charge is -2.55. The van der Waals surface area contributed by atoms with Gasteiger partial charge in [0, 0.05) is 36.8 Å². The largest absolute Gasteiger partial charge is 0.359 e. The third-order valence-electron chi connectivity index (χ3n) is 11.4. The molecule has 5 heteroatoms. The van der Waals surface area contributed by atoms with Crippen molar-refractivity contribution in [1.29, 1.82) is 0 Å². The molecule has 8 rings (SSSR count). The SMILES string of the molecule is CC12CC=C3C=C4CC[C@@H](N5CCC(F)(F)C5)C[C@]45CC[C@]3(O5)[C@@H]1CCC2c1ccc2ccncc2c1. The van der Waals surface area contributed by atoms with Crippen molar-refractivity contribution in [1.82, 2.24) is 9.88 Å². The van der Waals surface area contributed by atoms with Crippen molar-refractivity contribution in [3.63, 3.8) is 0 Å². The average Bonchev–Trinajstić information content (AvgIpc) is 3.54. The molecule has 194 valence electrons. The van der Waals surface area contributed by atoms with Gasteiger partial charge in [0.15, 0.2) is 0 Å². The first-order chi connectivity index (χ1) is 17.8. The van der Waals surface area contributed by atoms with Crippen LogP contribution in [0.1, 0.15) is 76.2 Å². The van der Waals surface area contributed by atoms with E-state index in [0.717, 1.165) is 38.5 Å². The Kier molecular flexibility index (Phi) is 4.63. The third kappa shape index (κ3) is 3.13. The van der Waals surface area contributed by atoms with Crippen molar-refractivity contribution < 1.29 is 13.5 Å². The first kappa shape index (κ1) is 22.8. The van der Waals surface area contributed by atoms with Crippen molar-refractivity contribution in [3.8, 4) is 0 Å². The fourth-order valence-electron chi connectivity index (χ4n) is 9.64. The smallest absolute Gasteiger partial charge is 0.261 e. The summed E-state index contributed by atoms with van der Waals surface area (Å²) in [6.07, 6.45) is 17.3. The molecule has 3 aliphatic carbocycles. The van der Waals surface area contributed by atoms with Gasteiger partial charge in [-0.1, -0.05) is 31.2 Å². The Morgan fingerprint density at radius 3 is 2.84 bits per heavy atom. The zero-order valence-corrected chi connectivity index (χ0v) is 21.7. The molecule has 2 bridgehead atoms. The molecule has 2 saturated carbocycles. The summed E-state index contributed by atoms with van der Waals surface area (Å²) in [5.41, 5.74) is 4.00. The van der Waals surface area contributed by atoms with Crippen LogP contribution in [-0.4, -0.2) is 46.1 Å². The second-order valence-corrected chi connectivity index (χ2v) is 13.2. The molecular formula is C32H36F2N2O. The molecule has 1 aromatic carbocycles. The minimum absolute atomic E-state index is 0.00350. The summed E-state index contributed by atoms with van der Waals surface area (Å²) in [5, 5.41) is 2.47. The predicted octanol–water partition coefficient (Wildman–Crippen LogP) is 7.19. The number of aromatic nitrogens is 1. The lowest BCUT2D eigenvalue weighted by molar-refractivity contribution is -0.141. The minimum atomic E-state index is -2.53. The number of rotatable bonds is 2. The Morgan fingerprint density at radius 1 is 1.05 bits per heavy atom. The van der Waals surface area contributed by atoms with Crippen LogP contribution in [0.25, 0.3) is 10.8 Å². The van der Waals surface area contributed by atoms with Crippen LogP contribution in [0, 0.1) is 11.3 Å². The van der Waals surface area contributed by atoms with Crippen molar-refractivity contribution >= 4 is 10.8 Å². The summed E-state index contributed by atoms with van der Waals surface area (Å²) in [5.74, 6) is -1.54. The van der Waals surface area contributed by atoms with E-state index in [1.165, 1.54) is 40.3 Å². The maximum atomic E-state index is 14.0. The van der Waals surface area contributed by atoms with E-state index in [1.54, 1.807) is 0 Å². The maximum Gasteiger partial charge on any atom is 0.261 e. The molecule has 0 radical (unpaired) electrons. The molecule has 2 spiro atoms. The number of hydrogen-bond donors (Lipinski definition) is 0. The topological polar surface area (TPSA) is 25.4 Å². The van der Waals surface area contributed by atoms with Crippen LogP contribution in [-0.2, 0) is 4.74 Å². The second-order valence-electron chi connectivity index (χ2n) is 13.2. The molecule has 4 heterocycles. The summed E-state index contributed by atoms with van der Waals surface area (Å²) in [6.45, 7) is 2.95. The van der Waals surface area contributed by atoms with Gasteiger partial charge in [-0.3, -0.25) is 9.88 Å². The average molecular weight is 503 g/mol. The van der Waals surface area contributed by atoms with Crippen LogP contribution in [0.4, 0.5) is 8.78 Å². The molecule has 6 aliphatic rings. The van der Waals surface area contributed by atoms with E-state index in [-0.39, 0.29) is 35.6 Å². The molecule has 2 unspecified atom stereocenters. The van der Waals surface area contributed by atoms with Crippen LogP contribution in [0.15, 0.2) is 60.0 Å². The summed E-state index contributed by atoms with van der Waals surface area (Å²) >= 11 is 0. The zero-order chi connectivity index (χ0) is 25.0. The first-order valence-electron chi connectivity index (χ1n) is 14.4. The Labute approximate surface area is 218 Å². The number of benzene rings is 1. The molecule has 3 aliphatic heterocycles. The highest BCUT2D eigenvalue weighted by Crippen LogP contribution is 2.69. The summed E-state index contributed by atoms with van der Waals surface area (Å²) in [7, 11) is 0. The Balaban J connectivity index is 1.12. The fourth-order valence-corrected chi connectivity index (χ4v) is 9.64. The van der Waals surface area contributed by atoms with Gasteiger partial charge in [-0.15, -0.1) is 0 Å². The molecule has 3 nitrogen and oxygen atoms in total. The van der Waals surface area contributed by atoms with Crippen LogP contribution in [0.2, 0.25) is 0 Å². The number of hydrogen-bond acceptors (Lipinski definition) is 3. The maximum absolute atomic E-state index is 14.0.